The lowest BCUT2D eigenvalue weighted by molar-refractivity contribution is -0.154. The lowest BCUT2D eigenvalue weighted by Crippen LogP contribution is -2.48. The highest BCUT2D eigenvalue weighted by atomic mass is 16.5. The number of carboxylic acid groups (broad SMARTS) is 1. The molecule has 3 rings (SSSR count). The number of nitrogens with zero attached hydrogens (tertiary/aromatic N) is 3. The van der Waals surface area contributed by atoms with Crippen LogP contribution in [0.25, 0.3) is 11.0 Å². The zero-order chi connectivity index (χ0) is 15.0. The van der Waals surface area contributed by atoms with Crippen LogP contribution in [-0.2, 0) is 9.53 Å². The Kier molecular flexibility index (Phi) is 3.30. The summed E-state index contributed by atoms with van der Waals surface area (Å²) >= 11 is 0. The summed E-state index contributed by atoms with van der Waals surface area (Å²) < 4.78 is 5.12. The van der Waals surface area contributed by atoms with Crippen molar-refractivity contribution in [2.45, 2.75) is 13.0 Å². The number of aromatic amines is 1. The van der Waals surface area contributed by atoms with E-state index < -0.39 is 12.1 Å². The minimum atomic E-state index is -1.06. The molecule has 0 radical (unpaired) electrons. The third-order valence-electron chi connectivity index (χ3n) is 3.49. The number of benzene rings is 1. The molecule has 21 heavy (non-hydrogen) atoms. The molecular formula is C13H14N4O4. The van der Waals surface area contributed by atoms with E-state index in [2.05, 4.69) is 15.4 Å². The Morgan fingerprint density at radius 1 is 1.43 bits per heavy atom. The van der Waals surface area contributed by atoms with E-state index in [1.807, 2.05) is 6.92 Å². The van der Waals surface area contributed by atoms with E-state index in [4.69, 9.17) is 9.84 Å². The zero-order valence-corrected chi connectivity index (χ0v) is 11.4. The number of aryl methyl sites for hydroxylation is 1. The van der Waals surface area contributed by atoms with Gasteiger partial charge in [-0.3, -0.25) is 4.79 Å². The summed E-state index contributed by atoms with van der Waals surface area (Å²) in [6.45, 7) is 2.48. The molecule has 2 aromatic rings. The van der Waals surface area contributed by atoms with Crippen LogP contribution in [0.2, 0.25) is 0 Å². The van der Waals surface area contributed by atoms with Crippen molar-refractivity contribution in [1.82, 2.24) is 20.3 Å². The molecule has 110 valence electrons. The summed E-state index contributed by atoms with van der Waals surface area (Å²) in [4.78, 5) is 25.0. The Morgan fingerprint density at radius 2 is 2.24 bits per heavy atom. The Morgan fingerprint density at radius 3 is 3.00 bits per heavy atom. The molecule has 1 aromatic carbocycles. The number of aromatic nitrogens is 3. The summed E-state index contributed by atoms with van der Waals surface area (Å²) in [5, 5.41) is 19.5. The van der Waals surface area contributed by atoms with Gasteiger partial charge in [-0.1, -0.05) is 0 Å². The van der Waals surface area contributed by atoms with E-state index in [1.165, 1.54) is 4.90 Å². The number of carboxylic acids is 1. The Bertz CT molecular complexity index is 711. The van der Waals surface area contributed by atoms with Gasteiger partial charge in [0.1, 0.15) is 11.0 Å². The van der Waals surface area contributed by atoms with Crippen LogP contribution in [0.1, 0.15) is 15.9 Å². The molecule has 0 bridgehead atoms. The molecule has 1 fully saturated rings. The summed E-state index contributed by atoms with van der Waals surface area (Å²) in [6, 6.07) is 3.39. The fraction of sp³-hybridized carbons (Fsp3) is 0.385. The first-order valence-electron chi connectivity index (χ1n) is 6.51. The monoisotopic (exact) mass is 290 g/mol. The van der Waals surface area contributed by atoms with Crippen LogP contribution in [-0.4, -0.2) is 63.1 Å². The molecule has 0 saturated carbocycles. The van der Waals surface area contributed by atoms with E-state index in [1.54, 1.807) is 12.1 Å². The van der Waals surface area contributed by atoms with Gasteiger partial charge in [-0.15, -0.1) is 0 Å². The average Bonchev–Trinajstić information content (AvgIpc) is 2.95. The second kappa shape index (κ2) is 5.13. The van der Waals surface area contributed by atoms with Gasteiger partial charge in [0.15, 0.2) is 6.10 Å². The van der Waals surface area contributed by atoms with Crippen molar-refractivity contribution in [2.75, 3.05) is 19.7 Å². The predicted molar refractivity (Wildman–Crippen MR) is 71.9 cm³/mol. The predicted octanol–water partition coefficient (Wildman–Crippen LogP) is 0.192. The molecular weight excluding hydrogens is 276 g/mol. The minimum Gasteiger partial charge on any atom is -0.479 e. The first-order chi connectivity index (χ1) is 10.1. The van der Waals surface area contributed by atoms with Crippen molar-refractivity contribution in [3.05, 3.63) is 23.3 Å². The topological polar surface area (TPSA) is 108 Å². The summed E-state index contributed by atoms with van der Waals surface area (Å²) in [5.74, 6) is -1.28. The van der Waals surface area contributed by atoms with Crippen molar-refractivity contribution in [2.24, 2.45) is 0 Å². The standard InChI is InChI=1S/C13H14N4O4/c1-7-4-8(5-9-11(7)15-16-14-9)12(18)17-2-3-21-10(6-17)13(19)20/h4-5,10H,2-3,6H2,1H3,(H,19,20)(H,14,15,16). The van der Waals surface area contributed by atoms with E-state index >= 15 is 0 Å². The Balaban J connectivity index is 1.87. The number of amides is 1. The van der Waals surface area contributed by atoms with Gasteiger partial charge in [-0.2, -0.15) is 15.4 Å². The van der Waals surface area contributed by atoms with Crippen LogP contribution < -0.4 is 0 Å². The molecule has 8 nitrogen and oxygen atoms in total. The van der Waals surface area contributed by atoms with E-state index in [-0.39, 0.29) is 19.1 Å². The van der Waals surface area contributed by atoms with Gasteiger partial charge in [0, 0.05) is 12.1 Å². The number of carbonyl (C=O) groups excluding carboxylic acids is 1. The maximum absolute atomic E-state index is 12.5. The maximum atomic E-state index is 12.5. The zero-order valence-electron chi connectivity index (χ0n) is 11.4. The molecule has 1 saturated heterocycles. The number of hydrogen-bond acceptors (Lipinski definition) is 5. The minimum absolute atomic E-state index is 0.0457. The number of morpholine rings is 1. The average molecular weight is 290 g/mol. The van der Waals surface area contributed by atoms with Gasteiger partial charge in [-0.05, 0) is 24.6 Å². The van der Waals surface area contributed by atoms with Crippen molar-refractivity contribution in [3.63, 3.8) is 0 Å². The molecule has 0 aliphatic carbocycles. The second-order valence-electron chi connectivity index (χ2n) is 4.93. The van der Waals surface area contributed by atoms with Gasteiger partial charge in [-0.25, -0.2) is 4.79 Å². The van der Waals surface area contributed by atoms with E-state index in [0.29, 0.717) is 17.6 Å². The third-order valence-corrected chi connectivity index (χ3v) is 3.49. The largest absolute Gasteiger partial charge is 0.479 e. The first-order valence-corrected chi connectivity index (χ1v) is 6.51. The highest BCUT2D eigenvalue weighted by molar-refractivity contribution is 5.98. The maximum Gasteiger partial charge on any atom is 0.334 e. The van der Waals surface area contributed by atoms with Crippen LogP contribution >= 0.6 is 0 Å². The number of carbonyl (C=O) groups is 2. The molecule has 8 heteroatoms. The highest BCUT2D eigenvalue weighted by Crippen LogP contribution is 2.18. The number of ether oxygens (including phenoxy) is 1. The summed E-state index contributed by atoms with van der Waals surface area (Å²) in [7, 11) is 0. The number of nitrogens with one attached hydrogen (secondary N) is 1. The van der Waals surface area contributed by atoms with Crippen LogP contribution in [0.4, 0.5) is 0 Å². The molecule has 1 aliphatic heterocycles. The SMILES string of the molecule is Cc1cc(C(=O)N2CCOC(C(=O)O)C2)cc2n[nH]nc12. The lowest BCUT2D eigenvalue weighted by atomic mass is 10.1. The first kappa shape index (κ1) is 13.5. The van der Waals surface area contributed by atoms with Crippen LogP contribution in [0.3, 0.4) is 0 Å². The fourth-order valence-electron chi connectivity index (χ4n) is 2.41. The second-order valence-corrected chi connectivity index (χ2v) is 4.93. The Hall–Kier alpha value is -2.48. The third kappa shape index (κ3) is 2.45. The van der Waals surface area contributed by atoms with Crippen molar-refractivity contribution < 1.29 is 19.4 Å². The van der Waals surface area contributed by atoms with Crippen LogP contribution in [0.5, 0.6) is 0 Å². The molecule has 1 aromatic heterocycles. The van der Waals surface area contributed by atoms with E-state index in [0.717, 1.165) is 11.1 Å². The fourth-order valence-corrected chi connectivity index (χ4v) is 2.41. The van der Waals surface area contributed by atoms with E-state index in [9.17, 15) is 9.59 Å². The van der Waals surface area contributed by atoms with Crippen molar-refractivity contribution in [1.29, 1.82) is 0 Å². The highest BCUT2D eigenvalue weighted by Gasteiger charge is 2.29. The normalized spacial score (nSPS) is 18.9. The molecule has 2 N–H and O–H groups in total. The summed E-state index contributed by atoms with van der Waals surface area (Å²) in [5.41, 5.74) is 2.64. The smallest absolute Gasteiger partial charge is 0.334 e. The number of aliphatic carboxylic acids is 1. The molecule has 2 heterocycles. The number of H-pyrrole nitrogens is 1. The quantitative estimate of drug-likeness (QED) is 0.817. The van der Waals surface area contributed by atoms with Crippen LogP contribution in [0, 0.1) is 6.92 Å². The van der Waals surface area contributed by atoms with Crippen molar-refractivity contribution >= 4 is 22.9 Å². The molecule has 1 aliphatic rings. The Labute approximate surface area is 119 Å². The summed E-state index contributed by atoms with van der Waals surface area (Å²) in [6.07, 6.45) is -0.973. The van der Waals surface area contributed by atoms with Gasteiger partial charge < -0.3 is 14.7 Å². The van der Waals surface area contributed by atoms with Gasteiger partial charge in [0.2, 0.25) is 0 Å². The number of fused-ring (bicyclic) bond motifs is 1. The molecule has 0 spiro atoms. The van der Waals surface area contributed by atoms with Crippen molar-refractivity contribution in [3.8, 4) is 0 Å². The van der Waals surface area contributed by atoms with Gasteiger partial charge in [0.25, 0.3) is 5.91 Å². The molecule has 1 atom stereocenters. The van der Waals surface area contributed by atoms with Crippen LogP contribution in [0.15, 0.2) is 12.1 Å². The molecule has 1 amide bonds. The molecule has 1 unspecified atom stereocenters. The van der Waals surface area contributed by atoms with Gasteiger partial charge >= 0.3 is 5.97 Å². The van der Waals surface area contributed by atoms with Gasteiger partial charge in [0.05, 0.1) is 13.2 Å². The number of hydrogen-bond donors (Lipinski definition) is 2. The lowest BCUT2D eigenvalue weighted by Gasteiger charge is -2.31. The number of rotatable bonds is 2.